The van der Waals surface area contributed by atoms with Crippen molar-refractivity contribution in [3.63, 3.8) is 0 Å². The number of nitrogens with zero attached hydrogens (tertiary/aromatic N) is 1. The van der Waals surface area contributed by atoms with Gasteiger partial charge in [0, 0.05) is 19.2 Å². The number of likely N-dealkylation sites (tertiary alicyclic amines) is 1. The van der Waals surface area contributed by atoms with Crippen molar-refractivity contribution in [3.05, 3.63) is 0 Å². The van der Waals surface area contributed by atoms with Crippen LogP contribution in [-0.2, 0) is 0 Å². The Hall–Kier alpha value is -0.0800. The van der Waals surface area contributed by atoms with Crippen molar-refractivity contribution >= 4 is 0 Å². The topological polar surface area (TPSA) is 23.5 Å². The van der Waals surface area contributed by atoms with Gasteiger partial charge in [-0.05, 0) is 45.1 Å². The summed E-state index contributed by atoms with van der Waals surface area (Å²) in [5.41, 5.74) is 0. The zero-order chi connectivity index (χ0) is 9.68. The molecule has 1 N–H and O–H groups in total. The highest BCUT2D eigenvalue weighted by Gasteiger charge is 2.20. The standard InChI is InChI=1S/C11H23NO/c1-10-5-3-7-12(9-10)11(2)6-4-8-13/h10-11,13H,3-9H2,1-2H3. The number of hydrogen-bond acceptors (Lipinski definition) is 2. The van der Waals surface area contributed by atoms with Crippen LogP contribution in [0.25, 0.3) is 0 Å². The Morgan fingerprint density at radius 1 is 1.54 bits per heavy atom. The molecule has 0 bridgehead atoms. The second kappa shape index (κ2) is 5.61. The largest absolute Gasteiger partial charge is 0.396 e. The van der Waals surface area contributed by atoms with Crippen LogP contribution < -0.4 is 0 Å². The molecule has 0 amide bonds. The molecule has 0 saturated carbocycles. The third-order valence-electron chi connectivity index (χ3n) is 3.09. The van der Waals surface area contributed by atoms with Crippen LogP contribution in [0.2, 0.25) is 0 Å². The summed E-state index contributed by atoms with van der Waals surface area (Å²) in [4.78, 5) is 2.57. The van der Waals surface area contributed by atoms with Gasteiger partial charge in [-0.1, -0.05) is 6.92 Å². The van der Waals surface area contributed by atoms with Crippen LogP contribution in [0.5, 0.6) is 0 Å². The van der Waals surface area contributed by atoms with Gasteiger partial charge in [0.2, 0.25) is 0 Å². The second-order valence-electron chi connectivity index (χ2n) is 4.46. The third-order valence-corrected chi connectivity index (χ3v) is 3.09. The van der Waals surface area contributed by atoms with Gasteiger partial charge < -0.3 is 10.0 Å². The maximum Gasteiger partial charge on any atom is 0.0431 e. The van der Waals surface area contributed by atoms with Crippen molar-refractivity contribution in [1.29, 1.82) is 0 Å². The molecule has 78 valence electrons. The highest BCUT2D eigenvalue weighted by Crippen LogP contribution is 2.19. The molecule has 0 radical (unpaired) electrons. The van der Waals surface area contributed by atoms with Gasteiger partial charge in [0.15, 0.2) is 0 Å². The minimum atomic E-state index is 0.341. The highest BCUT2D eigenvalue weighted by molar-refractivity contribution is 4.74. The summed E-state index contributed by atoms with van der Waals surface area (Å²) in [5, 5.41) is 8.75. The van der Waals surface area contributed by atoms with E-state index in [0.717, 1.165) is 18.8 Å². The van der Waals surface area contributed by atoms with Crippen LogP contribution in [0, 0.1) is 5.92 Å². The predicted octanol–water partition coefficient (Wildman–Crippen LogP) is 1.88. The first-order valence-electron chi connectivity index (χ1n) is 5.59. The Morgan fingerprint density at radius 3 is 2.92 bits per heavy atom. The molecule has 1 aliphatic heterocycles. The first-order chi connectivity index (χ1) is 6.24. The maximum atomic E-state index is 8.75. The Morgan fingerprint density at radius 2 is 2.31 bits per heavy atom. The average Bonchev–Trinajstić information content (AvgIpc) is 2.14. The summed E-state index contributed by atoms with van der Waals surface area (Å²) in [6, 6.07) is 0.662. The van der Waals surface area contributed by atoms with Crippen LogP contribution in [-0.4, -0.2) is 35.7 Å². The third kappa shape index (κ3) is 3.65. The van der Waals surface area contributed by atoms with E-state index in [4.69, 9.17) is 5.11 Å². The smallest absolute Gasteiger partial charge is 0.0431 e. The van der Waals surface area contributed by atoms with Crippen molar-refractivity contribution < 1.29 is 5.11 Å². The molecule has 1 heterocycles. The Kier molecular flexibility index (Phi) is 4.74. The minimum absolute atomic E-state index is 0.341. The average molecular weight is 185 g/mol. The van der Waals surface area contributed by atoms with Crippen LogP contribution >= 0.6 is 0 Å². The molecule has 1 rings (SSSR count). The lowest BCUT2D eigenvalue weighted by molar-refractivity contribution is 0.126. The Labute approximate surface area is 81.9 Å². The van der Waals surface area contributed by atoms with Crippen LogP contribution in [0.1, 0.15) is 39.5 Å². The number of hydrogen-bond donors (Lipinski definition) is 1. The monoisotopic (exact) mass is 185 g/mol. The van der Waals surface area contributed by atoms with Crippen molar-refractivity contribution in [1.82, 2.24) is 4.90 Å². The van der Waals surface area contributed by atoms with Gasteiger partial charge in [0.25, 0.3) is 0 Å². The van der Waals surface area contributed by atoms with Crippen molar-refractivity contribution in [3.8, 4) is 0 Å². The summed E-state index contributed by atoms with van der Waals surface area (Å²) in [6.45, 7) is 7.48. The normalized spacial score (nSPS) is 27.5. The maximum absolute atomic E-state index is 8.75. The van der Waals surface area contributed by atoms with Crippen molar-refractivity contribution in [2.24, 2.45) is 5.92 Å². The molecule has 1 aliphatic rings. The molecule has 0 aromatic rings. The van der Waals surface area contributed by atoms with Crippen LogP contribution in [0.4, 0.5) is 0 Å². The van der Waals surface area contributed by atoms with Crippen LogP contribution in [0.15, 0.2) is 0 Å². The molecule has 2 nitrogen and oxygen atoms in total. The molecule has 0 aromatic carbocycles. The number of rotatable bonds is 4. The molecule has 0 spiro atoms. The van der Waals surface area contributed by atoms with E-state index in [2.05, 4.69) is 18.7 Å². The zero-order valence-corrected chi connectivity index (χ0v) is 9.00. The molecular weight excluding hydrogens is 162 g/mol. The molecule has 2 atom stereocenters. The summed E-state index contributed by atoms with van der Waals surface area (Å²) in [6.07, 6.45) is 4.84. The fourth-order valence-corrected chi connectivity index (χ4v) is 2.20. The summed E-state index contributed by atoms with van der Waals surface area (Å²) >= 11 is 0. The van der Waals surface area contributed by atoms with E-state index in [0.29, 0.717) is 12.6 Å². The van der Waals surface area contributed by atoms with Gasteiger partial charge in [0.1, 0.15) is 0 Å². The van der Waals surface area contributed by atoms with E-state index in [-0.39, 0.29) is 0 Å². The summed E-state index contributed by atoms with van der Waals surface area (Å²) in [5.74, 6) is 0.866. The van der Waals surface area contributed by atoms with Gasteiger partial charge in [-0.25, -0.2) is 0 Å². The molecule has 2 unspecified atom stereocenters. The molecule has 0 aliphatic carbocycles. The van der Waals surface area contributed by atoms with E-state index < -0.39 is 0 Å². The molecule has 13 heavy (non-hydrogen) atoms. The van der Waals surface area contributed by atoms with Gasteiger partial charge in [-0.15, -0.1) is 0 Å². The summed E-state index contributed by atoms with van der Waals surface area (Å²) in [7, 11) is 0. The predicted molar refractivity (Wildman–Crippen MR) is 55.8 cm³/mol. The van der Waals surface area contributed by atoms with E-state index in [1.54, 1.807) is 0 Å². The molecular formula is C11H23NO. The van der Waals surface area contributed by atoms with Crippen molar-refractivity contribution in [2.75, 3.05) is 19.7 Å². The SMILES string of the molecule is CC1CCCN(C(C)CCCO)C1. The molecule has 1 fully saturated rings. The van der Waals surface area contributed by atoms with E-state index in [1.807, 2.05) is 0 Å². The highest BCUT2D eigenvalue weighted by atomic mass is 16.2. The second-order valence-corrected chi connectivity index (χ2v) is 4.46. The fourth-order valence-electron chi connectivity index (χ4n) is 2.20. The van der Waals surface area contributed by atoms with E-state index >= 15 is 0 Å². The van der Waals surface area contributed by atoms with Gasteiger partial charge >= 0.3 is 0 Å². The fraction of sp³-hybridized carbons (Fsp3) is 1.00. The molecule has 1 saturated heterocycles. The van der Waals surface area contributed by atoms with E-state index in [1.165, 1.54) is 25.9 Å². The number of aliphatic hydroxyl groups is 1. The van der Waals surface area contributed by atoms with Crippen LogP contribution in [0.3, 0.4) is 0 Å². The lowest BCUT2D eigenvalue weighted by atomic mass is 9.98. The Bertz CT molecular complexity index is 138. The first-order valence-corrected chi connectivity index (χ1v) is 5.59. The van der Waals surface area contributed by atoms with Gasteiger partial charge in [0.05, 0.1) is 0 Å². The van der Waals surface area contributed by atoms with Crippen molar-refractivity contribution in [2.45, 2.75) is 45.6 Å². The van der Waals surface area contributed by atoms with Gasteiger partial charge in [-0.3, -0.25) is 0 Å². The zero-order valence-electron chi connectivity index (χ0n) is 9.00. The van der Waals surface area contributed by atoms with E-state index in [9.17, 15) is 0 Å². The quantitative estimate of drug-likeness (QED) is 0.723. The summed E-state index contributed by atoms with van der Waals surface area (Å²) < 4.78 is 0. The first kappa shape index (κ1) is 11.0. The lowest BCUT2D eigenvalue weighted by Gasteiger charge is -2.35. The Balaban J connectivity index is 2.24. The molecule has 2 heteroatoms. The molecule has 0 aromatic heterocycles. The van der Waals surface area contributed by atoms with Gasteiger partial charge in [-0.2, -0.15) is 0 Å². The minimum Gasteiger partial charge on any atom is -0.396 e. The lowest BCUT2D eigenvalue weighted by Crippen LogP contribution is -2.40. The number of piperidine rings is 1. The number of aliphatic hydroxyl groups excluding tert-OH is 1.